The van der Waals surface area contributed by atoms with Gasteiger partial charge < -0.3 is 14.2 Å². The number of nitrogens with zero attached hydrogens (tertiary/aromatic N) is 2. The number of rotatable bonds is 18. The number of aryl methyl sites for hydroxylation is 2. The monoisotopic (exact) mass is 1090 g/mol. The molecule has 0 N–H and O–H groups in total. The fourth-order valence-corrected chi connectivity index (χ4v) is 15.2. The Bertz CT molecular complexity index is 3770. The Morgan fingerprint density at radius 3 is 2.22 bits per heavy atom. The Labute approximate surface area is 495 Å². The number of hydrogen-bond acceptors (Lipinski definition) is 2. The van der Waals surface area contributed by atoms with E-state index in [2.05, 4.69) is 256 Å². The first-order valence-corrected chi connectivity index (χ1v) is 31.3. The molecule has 1 heterocycles. The van der Waals surface area contributed by atoms with Crippen molar-refractivity contribution in [1.82, 2.24) is 4.57 Å². The summed E-state index contributed by atoms with van der Waals surface area (Å²) in [4.78, 5) is 2.67. The Morgan fingerprint density at radius 1 is 0.699 bits per heavy atom. The van der Waals surface area contributed by atoms with Crippen molar-refractivity contribution in [3.8, 4) is 5.75 Å². The van der Waals surface area contributed by atoms with Crippen LogP contribution < -0.4 is 9.64 Å². The molecule has 5 aromatic rings. The van der Waals surface area contributed by atoms with Crippen LogP contribution in [0.4, 0.5) is 5.69 Å². The van der Waals surface area contributed by atoms with Crippen molar-refractivity contribution in [2.24, 2.45) is 29.6 Å². The highest BCUT2D eigenvalue weighted by atomic mass is 16.5. The second kappa shape index (κ2) is 23.8. The molecular weight excluding hydrogens is 1000 g/mol. The first-order chi connectivity index (χ1) is 40.8. The Morgan fingerprint density at radius 2 is 1.48 bits per heavy atom. The van der Waals surface area contributed by atoms with E-state index in [9.17, 15) is 0 Å². The van der Waals surface area contributed by atoms with Crippen molar-refractivity contribution < 1.29 is 4.74 Å². The maximum Gasteiger partial charge on any atom is 0.122 e. The van der Waals surface area contributed by atoms with Gasteiger partial charge in [-0.25, -0.2) is 0 Å². The molecule has 3 heteroatoms. The summed E-state index contributed by atoms with van der Waals surface area (Å²) in [5.74, 6) is 3.01. The first-order valence-electron chi connectivity index (χ1n) is 31.3. The van der Waals surface area contributed by atoms with Crippen molar-refractivity contribution in [1.29, 1.82) is 0 Å². The normalized spacial score (nSPS) is 25.1. The lowest BCUT2D eigenvalue weighted by Crippen LogP contribution is -2.39. The summed E-state index contributed by atoms with van der Waals surface area (Å²) >= 11 is 0. The zero-order valence-electron chi connectivity index (χ0n) is 49.2. The number of aromatic nitrogens is 1. The SMILES string of the molecule is C=CC1C=CC(c2ccc3c(c2)c2c(n3C3C=CC=CC3)CCC(C3C=CC(N(c4ccccc4)C4C=C5C(=CC4)c4ccccc4C5(CCCCC(C)COc4cc(C)c(C5=CCC(C=C)C=C5)cc4C)C4C=CC=CC4)=CC3)=C2)=CC1. The van der Waals surface area contributed by atoms with Gasteiger partial charge in [0.25, 0.3) is 0 Å². The molecule has 1 aromatic heterocycles. The van der Waals surface area contributed by atoms with Crippen molar-refractivity contribution in [3.63, 3.8) is 0 Å². The average Bonchev–Trinajstić information content (AvgIpc) is 1.99. The number of benzene rings is 4. The topological polar surface area (TPSA) is 17.4 Å². The molecule has 3 nitrogen and oxygen atoms in total. The van der Waals surface area contributed by atoms with Crippen LogP contribution in [-0.2, 0) is 11.8 Å². The lowest BCUT2D eigenvalue weighted by Gasteiger charge is -2.42. The average molecular weight is 1090 g/mol. The van der Waals surface area contributed by atoms with Gasteiger partial charge in [-0.05, 0) is 200 Å². The van der Waals surface area contributed by atoms with Crippen LogP contribution in [0.15, 0.2) is 243 Å². The third-order valence-electron chi connectivity index (χ3n) is 19.7. The smallest absolute Gasteiger partial charge is 0.122 e. The van der Waals surface area contributed by atoms with E-state index in [-0.39, 0.29) is 11.5 Å². The first kappa shape index (κ1) is 54.4. The van der Waals surface area contributed by atoms with Crippen molar-refractivity contribution >= 4 is 39.4 Å². The molecule has 0 fully saturated rings. The molecule has 13 rings (SSSR count). The molecule has 4 aromatic carbocycles. The molecule has 0 amide bonds. The van der Waals surface area contributed by atoms with Gasteiger partial charge in [-0.2, -0.15) is 0 Å². The van der Waals surface area contributed by atoms with Gasteiger partial charge >= 0.3 is 0 Å². The number of fused-ring (bicyclic) bond motifs is 6. The van der Waals surface area contributed by atoms with Crippen molar-refractivity contribution in [2.75, 3.05) is 11.5 Å². The highest BCUT2D eigenvalue weighted by molar-refractivity contribution is 5.96. The minimum atomic E-state index is -0.128. The third kappa shape index (κ3) is 10.6. The van der Waals surface area contributed by atoms with Gasteiger partial charge in [0.1, 0.15) is 5.75 Å². The quantitative estimate of drug-likeness (QED) is 0.0643. The van der Waals surface area contributed by atoms with E-state index in [0.717, 1.165) is 89.4 Å². The molecule has 8 unspecified atom stereocenters. The fourth-order valence-electron chi connectivity index (χ4n) is 15.2. The molecule has 0 saturated heterocycles. The van der Waals surface area contributed by atoms with E-state index >= 15 is 0 Å². The number of ether oxygens (including phenoxy) is 1. The number of para-hydroxylation sites is 1. The lowest BCUT2D eigenvalue weighted by atomic mass is 9.62. The van der Waals surface area contributed by atoms with E-state index in [0.29, 0.717) is 35.6 Å². The molecule has 0 spiro atoms. The van der Waals surface area contributed by atoms with Crippen LogP contribution in [0.1, 0.15) is 128 Å². The summed E-state index contributed by atoms with van der Waals surface area (Å²) in [6.07, 6.45) is 64.9. The van der Waals surface area contributed by atoms with Gasteiger partial charge in [0, 0.05) is 44.9 Å². The predicted molar refractivity (Wildman–Crippen MR) is 353 cm³/mol. The van der Waals surface area contributed by atoms with Gasteiger partial charge in [-0.1, -0.05) is 201 Å². The largest absolute Gasteiger partial charge is 0.493 e. The molecule has 8 aliphatic rings. The van der Waals surface area contributed by atoms with Crippen LogP contribution in [0.2, 0.25) is 0 Å². The van der Waals surface area contributed by atoms with E-state index in [1.807, 2.05) is 6.08 Å². The van der Waals surface area contributed by atoms with E-state index in [1.165, 1.54) is 89.2 Å². The maximum absolute atomic E-state index is 6.64. The number of allylic oxidation sites excluding steroid dienone is 24. The predicted octanol–water partition coefficient (Wildman–Crippen LogP) is 20.3. The molecule has 8 aliphatic carbocycles. The molecule has 0 saturated carbocycles. The van der Waals surface area contributed by atoms with E-state index in [4.69, 9.17) is 4.74 Å². The van der Waals surface area contributed by atoms with Gasteiger partial charge in [0.15, 0.2) is 0 Å². The summed E-state index contributed by atoms with van der Waals surface area (Å²) in [5.41, 5.74) is 21.8. The van der Waals surface area contributed by atoms with E-state index < -0.39 is 0 Å². The second-order valence-electron chi connectivity index (χ2n) is 24.9. The number of anilines is 1. The van der Waals surface area contributed by atoms with Crippen LogP contribution in [0.3, 0.4) is 0 Å². The maximum atomic E-state index is 6.64. The fraction of sp³-hybridized carbons (Fsp3) is 0.300. The summed E-state index contributed by atoms with van der Waals surface area (Å²) < 4.78 is 9.30. The Balaban J connectivity index is 0.757. The van der Waals surface area contributed by atoms with Gasteiger partial charge in [-0.3, -0.25) is 0 Å². The number of unbranched alkanes of at least 4 members (excludes halogenated alkanes) is 1. The summed E-state index contributed by atoms with van der Waals surface area (Å²) in [6, 6.07) is 33.0. The number of hydrogen-bond donors (Lipinski definition) is 0. The summed E-state index contributed by atoms with van der Waals surface area (Å²) in [6.45, 7) is 15.6. The second-order valence-corrected chi connectivity index (χ2v) is 24.9. The third-order valence-corrected chi connectivity index (χ3v) is 19.7. The van der Waals surface area contributed by atoms with Crippen LogP contribution in [0.5, 0.6) is 5.75 Å². The van der Waals surface area contributed by atoms with Gasteiger partial charge in [-0.15, -0.1) is 13.2 Å². The minimum Gasteiger partial charge on any atom is -0.493 e. The van der Waals surface area contributed by atoms with E-state index in [1.54, 1.807) is 5.57 Å². The highest BCUT2D eigenvalue weighted by Gasteiger charge is 2.50. The van der Waals surface area contributed by atoms with Crippen LogP contribution >= 0.6 is 0 Å². The molecule has 418 valence electrons. The molecule has 8 atom stereocenters. The Kier molecular flexibility index (Phi) is 15.6. The van der Waals surface area contributed by atoms with Crippen molar-refractivity contribution in [2.45, 2.75) is 115 Å². The minimum absolute atomic E-state index is 0.128. The molecule has 83 heavy (non-hydrogen) atoms. The molecular formula is C80H82N2O. The standard InChI is InChI=1S/C80H82N2O/c1-6-58-30-34-60(35-31-58)63-40-46-77-73(51-63)74-52-64(41-47-78(74)82(77)67-26-15-10-16-27-67)61-38-42-68(43-39-61)81(66-24-13-9-14-25-66)69-44-45-71-70-28-17-18-29-75(70)80(76(71)53-69,65-22-11-8-12-23-65)48-20-19-21-55(3)54-83-79-50-56(4)72(49-57(79)5)62-36-32-59(7-2)33-37-62/h6-18,22,24-26,28-30,32,34-38,40,42-43,45-46,49-53,55,58-59,61,65,67,69H,1-2,19-21,23,27,31,33,39,41,44,47-48,54H2,3-5H3. The van der Waals surface area contributed by atoms with Crippen LogP contribution in [-0.4, -0.2) is 17.2 Å². The lowest BCUT2D eigenvalue weighted by molar-refractivity contribution is 0.244. The highest BCUT2D eigenvalue weighted by Crippen LogP contribution is 2.60. The molecule has 0 aliphatic heterocycles. The zero-order valence-corrected chi connectivity index (χ0v) is 49.2. The molecule has 0 bridgehead atoms. The molecule has 0 radical (unpaired) electrons. The Hall–Kier alpha value is -7.88. The zero-order chi connectivity index (χ0) is 56.4. The summed E-state index contributed by atoms with van der Waals surface area (Å²) in [5, 5.41) is 1.38. The van der Waals surface area contributed by atoms with Crippen LogP contribution in [0, 0.1) is 43.4 Å². The van der Waals surface area contributed by atoms with Gasteiger partial charge in [0.2, 0.25) is 0 Å². The van der Waals surface area contributed by atoms with Gasteiger partial charge in [0.05, 0.1) is 18.7 Å². The van der Waals surface area contributed by atoms with Crippen LogP contribution in [0.25, 0.3) is 33.7 Å². The van der Waals surface area contributed by atoms with Crippen molar-refractivity contribution in [3.05, 3.63) is 287 Å². The summed E-state index contributed by atoms with van der Waals surface area (Å²) in [7, 11) is 0.